The molecule has 20 heavy (non-hydrogen) atoms. The molecule has 110 valence electrons. The lowest BCUT2D eigenvalue weighted by atomic mass is 10.1. The van der Waals surface area contributed by atoms with Crippen LogP contribution in [0.4, 0.5) is 0 Å². The largest absolute Gasteiger partial charge is 0.375 e. The number of carbonyl (C=O) groups excluding carboxylic acids is 1. The van der Waals surface area contributed by atoms with E-state index >= 15 is 0 Å². The number of nitrogens with one attached hydrogen (secondary N) is 1. The van der Waals surface area contributed by atoms with Crippen LogP contribution in [0.5, 0.6) is 0 Å². The fourth-order valence-electron chi connectivity index (χ4n) is 2.44. The number of amides is 1. The molecule has 1 amide bonds. The number of nitrogens with zero attached hydrogens (tertiary/aromatic N) is 1. The number of rotatable bonds is 6. The topological polar surface area (TPSA) is 41.6 Å². The van der Waals surface area contributed by atoms with E-state index < -0.39 is 0 Å². The molecule has 0 bridgehead atoms. The summed E-state index contributed by atoms with van der Waals surface area (Å²) in [6.07, 6.45) is 1.47. The molecule has 1 saturated heterocycles. The molecule has 0 aliphatic carbocycles. The van der Waals surface area contributed by atoms with Crippen LogP contribution in [0.25, 0.3) is 0 Å². The van der Waals surface area contributed by atoms with Crippen molar-refractivity contribution >= 4 is 5.91 Å². The van der Waals surface area contributed by atoms with E-state index in [0.29, 0.717) is 19.6 Å². The van der Waals surface area contributed by atoms with Crippen LogP contribution in [0.2, 0.25) is 0 Å². The van der Waals surface area contributed by atoms with Crippen molar-refractivity contribution in [2.24, 2.45) is 0 Å². The summed E-state index contributed by atoms with van der Waals surface area (Å²) < 4.78 is 5.62. The molecule has 1 aromatic carbocycles. The molecular formula is C16H24N2O2. The van der Waals surface area contributed by atoms with E-state index in [2.05, 4.69) is 24.4 Å². The number of carbonyl (C=O) groups is 1. The van der Waals surface area contributed by atoms with Crippen LogP contribution in [-0.4, -0.2) is 43.2 Å². The average Bonchev–Trinajstić information content (AvgIpc) is 2.49. The molecule has 0 spiro atoms. The van der Waals surface area contributed by atoms with Gasteiger partial charge in [0.1, 0.15) is 0 Å². The Hall–Kier alpha value is -1.39. The van der Waals surface area contributed by atoms with Gasteiger partial charge in [-0.3, -0.25) is 4.79 Å². The van der Waals surface area contributed by atoms with Gasteiger partial charge in [0.15, 0.2) is 0 Å². The minimum absolute atomic E-state index is 0.0198. The van der Waals surface area contributed by atoms with E-state index in [1.165, 1.54) is 5.56 Å². The molecule has 0 aromatic heterocycles. The van der Waals surface area contributed by atoms with Crippen molar-refractivity contribution in [3.63, 3.8) is 0 Å². The molecule has 1 aromatic rings. The number of hydrogen-bond donors (Lipinski definition) is 1. The van der Waals surface area contributed by atoms with Crippen LogP contribution in [-0.2, 0) is 16.1 Å². The predicted molar refractivity (Wildman–Crippen MR) is 79.4 cm³/mol. The van der Waals surface area contributed by atoms with Crippen molar-refractivity contribution in [1.82, 2.24) is 10.2 Å². The summed E-state index contributed by atoms with van der Waals surface area (Å²) in [6.45, 7) is 5.94. The zero-order valence-electron chi connectivity index (χ0n) is 12.2. The maximum atomic E-state index is 12.4. The van der Waals surface area contributed by atoms with Crippen LogP contribution < -0.4 is 5.32 Å². The van der Waals surface area contributed by atoms with Crippen LogP contribution in [0.15, 0.2) is 30.3 Å². The van der Waals surface area contributed by atoms with Gasteiger partial charge in [-0.05, 0) is 12.0 Å². The van der Waals surface area contributed by atoms with Crippen molar-refractivity contribution in [2.75, 3.05) is 26.2 Å². The summed E-state index contributed by atoms with van der Waals surface area (Å²) in [4.78, 5) is 14.4. The Labute approximate surface area is 121 Å². The highest BCUT2D eigenvalue weighted by molar-refractivity contribution is 5.76. The van der Waals surface area contributed by atoms with Crippen LogP contribution in [0, 0.1) is 0 Å². The molecule has 1 fully saturated rings. The Kier molecular flexibility index (Phi) is 6.02. The molecule has 0 saturated carbocycles. The highest BCUT2D eigenvalue weighted by Gasteiger charge is 2.21. The Morgan fingerprint density at radius 2 is 2.20 bits per heavy atom. The summed E-state index contributed by atoms with van der Waals surface area (Å²) in [5, 5.41) is 3.27. The van der Waals surface area contributed by atoms with Gasteiger partial charge in [0.2, 0.25) is 5.91 Å². The number of ether oxygens (including phenoxy) is 1. The van der Waals surface area contributed by atoms with E-state index in [-0.39, 0.29) is 12.0 Å². The molecule has 4 nitrogen and oxygen atoms in total. The molecule has 2 rings (SSSR count). The maximum absolute atomic E-state index is 12.4. The van der Waals surface area contributed by atoms with Crippen molar-refractivity contribution < 1.29 is 9.53 Å². The van der Waals surface area contributed by atoms with Gasteiger partial charge in [0.25, 0.3) is 0 Å². The van der Waals surface area contributed by atoms with E-state index in [1.807, 2.05) is 23.1 Å². The molecule has 1 heterocycles. The van der Waals surface area contributed by atoms with Crippen molar-refractivity contribution in [2.45, 2.75) is 32.4 Å². The average molecular weight is 276 g/mol. The highest BCUT2D eigenvalue weighted by Crippen LogP contribution is 2.10. The smallest absolute Gasteiger partial charge is 0.225 e. The van der Waals surface area contributed by atoms with Crippen molar-refractivity contribution in [3.05, 3.63) is 35.9 Å². The summed E-state index contributed by atoms with van der Waals surface area (Å²) in [5.41, 5.74) is 1.18. The van der Waals surface area contributed by atoms with E-state index in [1.54, 1.807) is 0 Å². The Balaban J connectivity index is 1.91. The zero-order chi connectivity index (χ0) is 14.2. The van der Waals surface area contributed by atoms with Crippen LogP contribution in [0.1, 0.15) is 25.3 Å². The molecular weight excluding hydrogens is 252 g/mol. The Morgan fingerprint density at radius 3 is 2.85 bits per heavy atom. The molecule has 1 aliphatic heterocycles. The second-order valence-electron chi connectivity index (χ2n) is 5.20. The lowest BCUT2D eigenvalue weighted by molar-refractivity contribution is -0.135. The van der Waals surface area contributed by atoms with Gasteiger partial charge in [-0.2, -0.15) is 0 Å². The molecule has 1 aliphatic rings. The monoisotopic (exact) mass is 276 g/mol. The molecule has 1 unspecified atom stereocenters. The lowest BCUT2D eigenvalue weighted by Crippen LogP contribution is -2.42. The molecule has 1 atom stereocenters. The normalized spacial score (nSPS) is 18.8. The third kappa shape index (κ3) is 4.62. The number of hydrogen-bond acceptors (Lipinski definition) is 3. The summed E-state index contributed by atoms with van der Waals surface area (Å²) >= 11 is 0. The van der Waals surface area contributed by atoms with Crippen LogP contribution in [0.3, 0.4) is 0 Å². The number of morpholine rings is 1. The van der Waals surface area contributed by atoms with E-state index in [4.69, 9.17) is 4.74 Å². The summed E-state index contributed by atoms with van der Waals surface area (Å²) in [5.74, 6) is 0.185. The molecule has 0 radical (unpaired) electrons. The minimum Gasteiger partial charge on any atom is -0.375 e. The van der Waals surface area contributed by atoms with E-state index in [0.717, 1.165) is 26.1 Å². The van der Waals surface area contributed by atoms with Crippen molar-refractivity contribution in [1.29, 1.82) is 0 Å². The zero-order valence-corrected chi connectivity index (χ0v) is 12.2. The Bertz CT molecular complexity index is 402. The standard InChI is InChI=1S/C16H24N2O2/c1-2-9-18(13-14-6-4-3-5-7-14)16(19)11-15-12-17-8-10-20-15/h3-7,15,17H,2,8-13H2,1H3. The third-order valence-electron chi connectivity index (χ3n) is 3.47. The number of benzene rings is 1. The fraction of sp³-hybridized carbons (Fsp3) is 0.562. The first-order valence-electron chi connectivity index (χ1n) is 7.43. The van der Waals surface area contributed by atoms with Gasteiger partial charge >= 0.3 is 0 Å². The van der Waals surface area contributed by atoms with E-state index in [9.17, 15) is 4.79 Å². The summed E-state index contributed by atoms with van der Waals surface area (Å²) in [6, 6.07) is 10.1. The molecule has 1 N–H and O–H groups in total. The first kappa shape index (κ1) is 15.0. The van der Waals surface area contributed by atoms with Crippen molar-refractivity contribution in [3.8, 4) is 0 Å². The fourth-order valence-corrected chi connectivity index (χ4v) is 2.44. The van der Waals surface area contributed by atoms with Gasteiger partial charge in [-0.25, -0.2) is 0 Å². The van der Waals surface area contributed by atoms with Gasteiger partial charge < -0.3 is 15.0 Å². The van der Waals surface area contributed by atoms with Gasteiger partial charge in [-0.15, -0.1) is 0 Å². The quantitative estimate of drug-likeness (QED) is 0.861. The predicted octanol–water partition coefficient (Wildman–Crippen LogP) is 1.80. The van der Waals surface area contributed by atoms with Gasteiger partial charge in [0, 0.05) is 26.2 Å². The second-order valence-corrected chi connectivity index (χ2v) is 5.20. The lowest BCUT2D eigenvalue weighted by Gasteiger charge is -2.27. The summed E-state index contributed by atoms with van der Waals surface area (Å²) in [7, 11) is 0. The SMILES string of the molecule is CCCN(Cc1ccccc1)C(=O)CC1CNCCO1. The van der Waals surface area contributed by atoms with Gasteiger partial charge in [0.05, 0.1) is 19.1 Å². The first-order chi connectivity index (χ1) is 9.79. The van der Waals surface area contributed by atoms with Crippen LogP contribution >= 0.6 is 0 Å². The second kappa shape index (κ2) is 8.02. The molecule has 4 heteroatoms. The minimum atomic E-state index is 0.0198. The van der Waals surface area contributed by atoms with Gasteiger partial charge in [-0.1, -0.05) is 37.3 Å². The third-order valence-corrected chi connectivity index (χ3v) is 3.47. The first-order valence-corrected chi connectivity index (χ1v) is 7.43. The highest BCUT2D eigenvalue weighted by atomic mass is 16.5. The Morgan fingerprint density at radius 1 is 1.40 bits per heavy atom. The maximum Gasteiger partial charge on any atom is 0.225 e.